The predicted octanol–water partition coefficient (Wildman–Crippen LogP) is 0.516. The van der Waals surface area contributed by atoms with Crippen LogP contribution in [0.4, 0.5) is 11.5 Å². The number of nitrogens with one attached hydrogen (secondary N) is 1. The highest BCUT2D eigenvalue weighted by molar-refractivity contribution is 5.42. The van der Waals surface area contributed by atoms with Gasteiger partial charge in [-0.25, -0.2) is 4.98 Å². The smallest absolute Gasteiger partial charge is 0.287 e. The molecule has 1 aliphatic carbocycles. The molecule has 96 valence electrons. The van der Waals surface area contributed by atoms with Gasteiger partial charge in [-0.1, -0.05) is 0 Å². The third-order valence-corrected chi connectivity index (χ3v) is 3.72. The van der Waals surface area contributed by atoms with E-state index < -0.39 is 4.92 Å². The van der Waals surface area contributed by atoms with Crippen LogP contribution in [0.3, 0.4) is 0 Å². The summed E-state index contributed by atoms with van der Waals surface area (Å²) in [7, 11) is 0. The van der Waals surface area contributed by atoms with Gasteiger partial charge in [0.2, 0.25) is 0 Å². The molecule has 3 rings (SSSR count). The topological polar surface area (TPSA) is 103 Å². The van der Waals surface area contributed by atoms with Gasteiger partial charge in [0.15, 0.2) is 0 Å². The van der Waals surface area contributed by atoms with Crippen molar-refractivity contribution in [2.45, 2.75) is 24.6 Å². The third kappa shape index (κ3) is 1.72. The fourth-order valence-corrected chi connectivity index (χ4v) is 2.68. The Hall–Kier alpha value is -1.73. The molecule has 7 nitrogen and oxygen atoms in total. The summed E-state index contributed by atoms with van der Waals surface area (Å²) in [6.45, 7) is 0.759. The van der Waals surface area contributed by atoms with E-state index in [0.717, 1.165) is 13.0 Å². The molecule has 7 heteroatoms. The van der Waals surface area contributed by atoms with Gasteiger partial charge in [0.05, 0.1) is 17.1 Å². The van der Waals surface area contributed by atoms with E-state index >= 15 is 0 Å². The van der Waals surface area contributed by atoms with Gasteiger partial charge < -0.3 is 15.8 Å². The maximum absolute atomic E-state index is 10.5. The second-order valence-corrected chi connectivity index (χ2v) is 4.69. The summed E-state index contributed by atoms with van der Waals surface area (Å²) in [5.41, 5.74) is 6.04. The molecule has 0 radical (unpaired) electrons. The molecule has 1 saturated carbocycles. The molecule has 4 unspecified atom stereocenters. The standard InChI is InChI=1S/C11H14N4O3/c12-9-7-3-4-18-11(7)10(9)14-8-2-1-6(5-13-8)15(16)17/h1-2,5,7,9-11H,3-4,12H2,(H,13,14). The van der Waals surface area contributed by atoms with Gasteiger partial charge >= 0.3 is 0 Å². The maximum atomic E-state index is 10.5. The molecule has 2 aliphatic rings. The number of ether oxygens (including phenoxy) is 1. The first-order valence-corrected chi connectivity index (χ1v) is 5.91. The zero-order valence-corrected chi connectivity index (χ0v) is 9.65. The quantitative estimate of drug-likeness (QED) is 0.598. The number of anilines is 1. The maximum Gasteiger partial charge on any atom is 0.287 e. The van der Waals surface area contributed by atoms with E-state index in [0.29, 0.717) is 11.7 Å². The second kappa shape index (κ2) is 4.18. The van der Waals surface area contributed by atoms with Crippen LogP contribution in [0.1, 0.15) is 6.42 Å². The van der Waals surface area contributed by atoms with Crippen molar-refractivity contribution in [3.05, 3.63) is 28.4 Å². The van der Waals surface area contributed by atoms with E-state index in [4.69, 9.17) is 10.5 Å². The largest absolute Gasteiger partial charge is 0.376 e. The average molecular weight is 250 g/mol. The van der Waals surface area contributed by atoms with Crippen LogP contribution in [-0.2, 0) is 4.74 Å². The lowest BCUT2D eigenvalue weighted by Crippen LogP contribution is -2.65. The van der Waals surface area contributed by atoms with E-state index in [2.05, 4.69) is 10.3 Å². The Morgan fingerprint density at radius 1 is 1.56 bits per heavy atom. The number of aromatic nitrogens is 1. The molecule has 18 heavy (non-hydrogen) atoms. The Labute approximate surface area is 103 Å². The number of hydrogen-bond donors (Lipinski definition) is 2. The number of hydrogen-bond acceptors (Lipinski definition) is 6. The van der Waals surface area contributed by atoms with Crippen molar-refractivity contribution in [1.29, 1.82) is 0 Å². The van der Waals surface area contributed by atoms with Crippen molar-refractivity contribution in [3.63, 3.8) is 0 Å². The summed E-state index contributed by atoms with van der Waals surface area (Å²) in [5, 5.41) is 13.7. The highest BCUT2D eigenvalue weighted by Crippen LogP contribution is 2.39. The third-order valence-electron chi connectivity index (χ3n) is 3.72. The van der Waals surface area contributed by atoms with Crippen LogP contribution in [0, 0.1) is 16.0 Å². The van der Waals surface area contributed by atoms with Crippen LogP contribution >= 0.6 is 0 Å². The van der Waals surface area contributed by atoms with Crippen LogP contribution in [0.15, 0.2) is 18.3 Å². The Morgan fingerprint density at radius 2 is 2.39 bits per heavy atom. The zero-order valence-electron chi connectivity index (χ0n) is 9.65. The number of fused-ring (bicyclic) bond motifs is 1. The minimum absolute atomic E-state index is 0.0200. The number of nitrogens with zero attached hydrogens (tertiary/aromatic N) is 2. The Bertz CT molecular complexity index is 464. The number of nitrogens with two attached hydrogens (primary N) is 1. The molecule has 4 atom stereocenters. The van der Waals surface area contributed by atoms with Gasteiger partial charge in [-0.05, 0) is 12.5 Å². The van der Waals surface area contributed by atoms with Crippen molar-refractivity contribution in [2.24, 2.45) is 11.7 Å². The molecule has 1 saturated heterocycles. The lowest BCUT2D eigenvalue weighted by Gasteiger charge is -2.45. The molecule has 1 aromatic rings. The fourth-order valence-electron chi connectivity index (χ4n) is 2.68. The summed E-state index contributed by atoms with van der Waals surface area (Å²) in [5.74, 6) is 1.02. The molecule has 2 heterocycles. The van der Waals surface area contributed by atoms with Crippen LogP contribution in [0.2, 0.25) is 0 Å². The minimum atomic E-state index is -0.470. The monoisotopic (exact) mass is 250 g/mol. The van der Waals surface area contributed by atoms with Crippen LogP contribution in [0.5, 0.6) is 0 Å². The number of pyridine rings is 1. The van der Waals surface area contributed by atoms with Gasteiger partial charge in [-0.15, -0.1) is 0 Å². The Morgan fingerprint density at radius 3 is 3.06 bits per heavy atom. The van der Waals surface area contributed by atoms with E-state index in [1.807, 2.05) is 0 Å². The fraction of sp³-hybridized carbons (Fsp3) is 0.545. The summed E-state index contributed by atoms with van der Waals surface area (Å²) < 4.78 is 5.59. The summed E-state index contributed by atoms with van der Waals surface area (Å²) in [6, 6.07) is 3.13. The highest BCUT2D eigenvalue weighted by Gasteiger charge is 2.52. The zero-order chi connectivity index (χ0) is 12.7. The molecule has 1 aromatic heterocycles. The van der Waals surface area contributed by atoms with Crippen molar-refractivity contribution in [1.82, 2.24) is 4.98 Å². The summed E-state index contributed by atoms with van der Waals surface area (Å²) in [4.78, 5) is 14.0. The van der Waals surface area contributed by atoms with Crippen molar-refractivity contribution < 1.29 is 9.66 Å². The number of rotatable bonds is 3. The van der Waals surface area contributed by atoms with Gasteiger partial charge in [0, 0.05) is 24.6 Å². The van der Waals surface area contributed by atoms with Crippen LogP contribution in [-0.4, -0.2) is 34.7 Å². The second-order valence-electron chi connectivity index (χ2n) is 4.69. The van der Waals surface area contributed by atoms with E-state index in [1.165, 1.54) is 12.3 Å². The van der Waals surface area contributed by atoms with Gasteiger partial charge in [-0.3, -0.25) is 10.1 Å². The number of nitro groups is 1. The van der Waals surface area contributed by atoms with Gasteiger partial charge in [0.25, 0.3) is 5.69 Å². The molecular formula is C11H14N4O3. The lowest BCUT2D eigenvalue weighted by molar-refractivity contribution is -0.385. The Balaban J connectivity index is 1.68. The van der Waals surface area contributed by atoms with Crippen molar-refractivity contribution >= 4 is 11.5 Å². The highest BCUT2D eigenvalue weighted by atomic mass is 16.6. The van der Waals surface area contributed by atoms with Crippen LogP contribution < -0.4 is 11.1 Å². The van der Waals surface area contributed by atoms with Crippen molar-refractivity contribution in [3.8, 4) is 0 Å². The van der Waals surface area contributed by atoms with E-state index in [9.17, 15) is 10.1 Å². The molecule has 0 bridgehead atoms. The predicted molar refractivity (Wildman–Crippen MR) is 64.1 cm³/mol. The SMILES string of the molecule is NC1C2CCOC2C1Nc1ccc([N+](=O)[O-])cn1. The molecule has 0 amide bonds. The first-order chi connectivity index (χ1) is 8.66. The molecule has 0 aromatic carbocycles. The first kappa shape index (κ1) is 11.4. The first-order valence-electron chi connectivity index (χ1n) is 5.91. The Kier molecular flexibility index (Phi) is 2.64. The molecule has 1 aliphatic heterocycles. The molecule has 3 N–H and O–H groups in total. The van der Waals surface area contributed by atoms with Crippen LogP contribution in [0.25, 0.3) is 0 Å². The van der Waals surface area contributed by atoms with Crippen molar-refractivity contribution in [2.75, 3.05) is 11.9 Å². The summed E-state index contributed by atoms with van der Waals surface area (Å²) >= 11 is 0. The van der Waals surface area contributed by atoms with E-state index in [-0.39, 0.29) is 23.9 Å². The normalized spacial score (nSPS) is 33.6. The van der Waals surface area contributed by atoms with Gasteiger partial charge in [0.1, 0.15) is 12.0 Å². The summed E-state index contributed by atoms with van der Waals surface area (Å²) in [6.07, 6.45) is 2.40. The molecular weight excluding hydrogens is 236 g/mol. The van der Waals surface area contributed by atoms with Gasteiger partial charge in [-0.2, -0.15) is 0 Å². The molecule has 2 fully saturated rings. The average Bonchev–Trinajstić information content (AvgIpc) is 2.81. The minimum Gasteiger partial charge on any atom is -0.376 e. The molecule has 0 spiro atoms. The van der Waals surface area contributed by atoms with E-state index in [1.54, 1.807) is 6.07 Å². The lowest BCUT2D eigenvalue weighted by atomic mass is 9.72.